The van der Waals surface area contributed by atoms with Crippen molar-refractivity contribution in [1.29, 1.82) is 0 Å². The van der Waals surface area contributed by atoms with Crippen LogP contribution in [0.25, 0.3) is 0 Å². The van der Waals surface area contributed by atoms with E-state index in [0.717, 1.165) is 36.2 Å². The Morgan fingerprint density at radius 3 is 2.71 bits per heavy atom. The van der Waals surface area contributed by atoms with Crippen LogP contribution >= 0.6 is 11.6 Å². The zero-order valence-corrected chi connectivity index (χ0v) is 13.1. The van der Waals surface area contributed by atoms with Gasteiger partial charge in [0, 0.05) is 16.9 Å². The van der Waals surface area contributed by atoms with Gasteiger partial charge < -0.3 is 5.32 Å². The molecule has 0 spiro atoms. The van der Waals surface area contributed by atoms with Crippen molar-refractivity contribution in [3.8, 4) is 0 Å². The number of hydrogen-bond acceptors (Lipinski definition) is 2. The molecule has 21 heavy (non-hydrogen) atoms. The highest BCUT2D eigenvalue weighted by atomic mass is 35.5. The van der Waals surface area contributed by atoms with Crippen molar-refractivity contribution < 1.29 is 4.79 Å². The number of amides is 1. The summed E-state index contributed by atoms with van der Waals surface area (Å²) >= 11 is 6.00. The van der Waals surface area contributed by atoms with Crippen LogP contribution in [0.15, 0.2) is 36.4 Å². The predicted octanol–water partition coefficient (Wildman–Crippen LogP) is 4.50. The summed E-state index contributed by atoms with van der Waals surface area (Å²) in [6.07, 6.45) is 2.65. The number of aromatic nitrogens is 1. The molecule has 1 amide bonds. The van der Waals surface area contributed by atoms with Gasteiger partial charge in [0.1, 0.15) is 5.15 Å². The molecular weight excluding hydrogens is 284 g/mol. The van der Waals surface area contributed by atoms with Gasteiger partial charge in [-0.2, -0.15) is 0 Å². The molecule has 0 saturated heterocycles. The van der Waals surface area contributed by atoms with Crippen LogP contribution < -0.4 is 5.32 Å². The Morgan fingerprint density at radius 2 is 2.00 bits per heavy atom. The van der Waals surface area contributed by atoms with E-state index in [4.69, 9.17) is 11.6 Å². The average Bonchev–Trinajstić information content (AvgIpc) is 2.47. The topological polar surface area (TPSA) is 42.0 Å². The SMILES string of the molecule is CCCc1cc(C(=O)Nc2ccccc2CC)cc(Cl)n1. The Kier molecular flexibility index (Phi) is 5.34. The van der Waals surface area contributed by atoms with E-state index < -0.39 is 0 Å². The highest BCUT2D eigenvalue weighted by molar-refractivity contribution is 6.29. The fourth-order valence-corrected chi connectivity index (χ4v) is 2.44. The largest absolute Gasteiger partial charge is 0.322 e. The van der Waals surface area contributed by atoms with Crippen LogP contribution in [0.4, 0.5) is 5.69 Å². The van der Waals surface area contributed by atoms with E-state index in [2.05, 4.69) is 24.1 Å². The van der Waals surface area contributed by atoms with Gasteiger partial charge in [0.2, 0.25) is 0 Å². The predicted molar refractivity (Wildman–Crippen MR) is 87.0 cm³/mol. The van der Waals surface area contributed by atoms with E-state index in [1.807, 2.05) is 24.3 Å². The molecule has 1 heterocycles. The van der Waals surface area contributed by atoms with Gasteiger partial charge in [0.05, 0.1) is 0 Å². The van der Waals surface area contributed by atoms with E-state index in [9.17, 15) is 4.79 Å². The van der Waals surface area contributed by atoms with Crippen LogP contribution in [-0.2, 0) is 12.8 Å². The summed E-state index contributed by atoms with van der Waals surface area (Å²) in [6.45, 7) is 4.13. The van der Waals surface area contributed by atoms with E-state index in [-0.39, 0.29) is 5.91 Å². The normalized spacial score (nSPS) is 10.4. The quantitative estimate of drug-likeness (QED) is 0.826. The molecule has 0 aliphatic rings. The first-order valence-corrected chi connectivity index (χ1v) is 7.57. The zero-order valence-electron chi connectivity index (χ0n) is 12.3. The fourth-order valence-electron chi connectivity index (χ4n) is 2.21. The minimum absolute atomic E-state index is 0.155. The summed E-state index contributed by atoms with van der Waals surface area (Å²) in [5.41, 5.74) is 3.35. The standard InChI is InChI=1S/C17H19ClN2O/c1-3-7-14-10-13(11-16(18)19-14)17(21)20-15-9-6-5-8-12(15)4-2/h5-6,8-11H,3-4,7H2,1-2H3,(H,20,21). The summed E-state index contributed by atoms with van der Waals surface area (Å²) < 4.78 is 0. The molecule has 0 aliphatic carbocycles. The molecule has 0 fully saturated rings. The first kappa shape index (κ1) is 15.5. The number of rotatable bonds is 5. The van der Waals surface area contributed by atoms with Crippen molar-refractivity contribution in [3.05, 3.63) is 58.4 Å². The summed E-state index contributed by atoms with van der Waals surface area (Å²) in [7, 11) is 0. The van der Waals surface area contributed by atoms with Gasteiger partial charge >= 0.3 is 0 Å². The number of benzene rings is 1. The molecule has 1 aromatic carbocycles. The van der Waals surface area contributed by atoms with Crippen molar-refractivity contribution in [3.63, 3.8) is 0 Å². The molecule has 0 saturated carbocycles. The van der Waals surface area contributed by atoms with Gasteiger partial charge in [-0.25, -0.2) is 4.98 Å². The lowest BCUT2D eigenvalue weighted by Gasteiger charge is -2.10. The molecule has 4 heteroatoms. The minimum atomic E-state index is -0.155. The molecular formula is C17H19ClN2O. The maximum atomic E-state index is 12.4. The maximum absolute atomic E-state index is 12.4. The molecule has 0 aliphatic heterocycles. The van der Waals surface area contributed by atoms with E-state index >= 15 is 0 Å². The summed E-state index contributed by atoms with van der Waals surface area (Å²) in [5.74, 6) is -0.155. The van der Waals surface area contributed by atoms with Crippen LogP contribution in [0.5, 0.6) is 0 Å². The summed E-state index contributed by atoms with van der Waals surface area (Å²) in [4.78, 5) is 16.6. The summed E-state index contributed by atoms with van der Waals surface area (Å²) in [6, 6.07) is 11.2. The van der Waals surface area contributed by atoms with Gasteiger partial charge in [0.25, 0.3) is 5.91 Å². The zero-order chi connectivity index (χ0) is 15.2. The van der Waals surface area contributed by atoms with E-state index in [0.29, 0.717) is 10.7 Å². The van der Waals surface area contributed by atoms with E-state index in [1.165, 1.54) is 0 Å². The van der Waals surface area contributed by atoms with Crippen molar-refractivity contribution in [2.45, 2.75) is 33.1 Å². The second-order valence-electron chi connectivity index (χ2n) is 4.88. The van der Waals surface area contributed by atoms with Gasteiger partial charge in [-0.05, 0) is 36.6 Å². The minimum Gasteiger partial charge on any atom is -0.322 e. The molecule has 110 valence electrons. The molecule has 2 rings (SSSR count). The number of para-hydroxylation sites is 1. The third-order valence-electron chi connectivity index (χ3n) is 3.26. The van der Waals surface area contributed by atoms with Crippen LogP contribution in [-0.4, -0.2) is 10.9 Å². The maximum Gasteiger partial charge on any atom is 0.255 e. The number of carbonyl (C=O) groups is 1. The van der Waals surface area contributed by atoms with Crippen LogP contribution in [0.1, 0.15) is 41.9 Å². The molecule has 0 atom stereocenters. The monoisotopic (exact) mass is 302 g/mol. The molecule has 0 bridgehead atoms. The Labute approximate surface area is 130 Å². The molecule has 0 unspecified atom stereocenters. The lowest BCUT2D eigenvalue weighted by molar-refractivity contribution is 0.102. The summed E-state index contributed by atoms with van der Waals surface area (Å²) in [5, 5.41) is 3.31. The molecule has 3 nitrogen and oxygen atoms in total. The first-order chi connectivity index (χ1) is 10.1. The lowest BCUT2D eigenvalue weighted by atomic mass is 10.1. The number of hydrogen-bond donors (Lipinski definition) is 1. The van der Waals surface area contributed by atoms with Gasteiger partial charge in [0.15, 0.2) is 0 Å². The highest BCUT2D eigenvalue weighted by Gasteiger charge is 2.11. The smallest absolute Gasteiger partial charge is 0.255 e. The molecule has 2 aromatic rings. The molecule has 0 radical (unpaired) electrons. The Bertz CT molecular complexity index is 640. The lowest BCUT2D eigenvalue weighted by Crippen LogP contribution is -2.14. The Morgan fingerprint density at radius 1 is 1.24 bits per heavy atom. The number of nitrogens with zero attached hydrogens (tertiary/aromatic N) is 1. The van der Waals surface area contributed by atoms with Crippen LogP contribution in [0, 0.1) is 0 Å². The fraction of sp³-hybridized carbons (Fsp3) is 0.294. The van der Waals surface area contributed by atoms with Gasteiger partial charge in [-0.3, -0.25) is 4.79 Å². The van der Waals surface area contributed by atoms with Crippen LogP contribution in [0.2, 0.25) is 5.15 Å². The van der Waals surface area contributed by atoms with E-state index in [1.54, 1.807) is 12.1 Å². The highest BCUT2D eigenvalue weighted by Crippen LogP contribution is 2.18. The average molecular weight is 303 g/mol. The second-order valence-corrected chi connectivity index (χ2v) is 5.27. The number of halogens is 1. The Balaban J connectivity index is 2.24. The first-order valence-electron chi connectivity index (χ1n) is 7.19. The molecule has 1 N–H and O–H groups in total. The van der Waals surface area contributed by atoms with Crippen LogP contribution in [0.3, 0.4) is 0 Å². The van der Waals surface area contributed by atoms with Gasteiger partial charge in [-0.15, -0.1) is 0 Å². The van der Waals surface area contributed by atoms with Crippen molar-refractivity contribution >= 4 is 23.2 Å². The number of pyridine rings is 1. The third-order valence-corrected chi connectivity index (χ3v) is 3.46. The number of nitrogens with one attached hydrogen (secondary N) is 1. The number of anilines is 1. The van der Waals surface area contributed by atoms with Gasteiger partial charge in [-0.1, -0.05) is 50.1 Å². The van der Waals surface area contributed by atoms with Crippen molar-refractivity contribution in [2.75, 3.05) is 5.32 Å². The number of carbonyl (C=O) groups excluding carboxylic acids is 1. The third kappa shape index (κ3) is 4.05. The Hall–Kier alpha value is -1.87. The second kappa shape index (κ2) is 7.23. The number of aryl methyl sites for hydroxylation is 2. The molecule has 1 aromatic heterocycles. The van der Waals surface area contributed by atoms with Crippen molar-refractivity contribution in [2.24, 2.45) is 0 Å². The van der Waals surface area contributed by atoms with Crippen molar-refractivity contribution in [1.82, 2.24) is 4.98 Å².